The van der Waals surface area contributed by atoms with E-state index in [0.29, 0.717) is 32.1 Å². The lowest BCUT2D eigenvalue weighted by atomic mass is 10.2. The molecule has 2 atom stereocenters. The quantitative estimate of drug-likeness (QED) is 0.449. The van der Waals surface area contributed by atoms with Gasteiger partial charge in [-0.25, -0.2) is 9.59 Å². The molecule has 0 aromatic carbocycles. The number of nitrogens with one attached hydrogen (secondary N) is 2. The second-order valence-corrected chi connectivity index (χ2v) is 4.78. The Balaban J connectivity index is 3.72. The third-order valence-corrected chi connectivity index (χ3v) is 2.24. The maximum absolute atomic E-state index is 11.4. The Morgan fingerprint density at radius 3 is 2.37 bits per heavy atom. The molecule has 0 aliphatic carbocycles. The lowest BCUT2D eigenvalue weighted by Gasteiger charge is -2.17. The van der Waals surface area contributed by atoms with Gasteiger partial charge in [-0.3, -0.25) is 0 Å². The first-order chi connectivity index (χ1) is 8.84. The van der Waals surface area contributed by atoms with Crippen molar-refractivity contribution in [2.24, 2.45) is 5.92 Å². The van der Waals surface area contributed by atoms with Crippen molar-refractivity contribution in [1.82, 2.24) is 10.6 Å². The highest BCUT2D eigenvalue weighted by Gasteiger charge is 2.24. The van der Waals surface area contributed by atoms with E-state index in [1.807, 2.05) is 13.8 Å². The van der Waals surface area contributed by atoms with Crippen molar-refractivity contribution in [3.05, 3.63) is 0 Å². The summed E-state index contributed by atoms with van der Waals surface area (Å²) in [5.41, 5.74) is 0. The van der Waals surface area contributed by atoms with Crippen LogP contribution in [0.3, 0.4) is 0 Å². The highest BCUT2D eigenvalue weighted by molar-refractivity contribution is 5.82. The summed E-state index contributed by atoms with van der Waals surface area (Å²) in [5, 5.41) is 22.6. The van der Waals surface area contributed by atoms with E-state index >= 15 is 0 Å². The minimum Gasteiger partial charge on any atom is -0.480 e. The van der Waals surface area contributed by atoms with Gasteiger partial charge in [0.05, 0.1) is 6.10 Å². The van der Waals surface area contributed by atoms with Crippen LogP contribution in [0.5, 0.6) is 0 Å². The number of urea groups is 1. The van der Waals surface area contributed by atoms with E-state index in [9.17, 15) is 14.7 Å². The molecule has 0 radical (unpaired) electrons. The van der Waals surface area contributed by atoms with E-state index in [1.54, 1.807) is 0 Å². The van der Waals surface area contributed by atoms with Gasteiger partial charge in [0.25, 0.3) is 0 Å². The van der Waals surface area contributed by atoms with Crippen LogP contribution in [0.1, 0.15) is 27.2 Å². The molecule has 4 N–H and O–H groups in total. The van der Waals surface area contributed by atoms with Crippen molar-refractivity contribution >= 4 is 12.0 Å². The Hall–Kier alpha value is -1.34. The van der Waals surface area contributed by atoms with Gasteiger partial charge in [0.1, 0.15) is 0 Å². The number of ether oxygens (including phenoxy) is 1. The molecule has 0 heterocycles. The van der Waals surface area contributed by atoms with Crippen molar-refractivity contribution < 1.29 is 24.5 Å². The Morgan fingerprint density at radius 2 is 1.89 bits per heavy atom. The number of amides is 2. The van der Waals surface area contributed by atoms with Crippen LogP contribution < -0.4 is 10.6 Å². The summed E-state index contributed by atoms with van der Waals surface area (Å²) in [6, 6.07) is -1.92. The monoisotopic (exact) mass is 276 g/mol. The van der Waals surface area contributed by atoms with Crippen LogP contribution in [0.15, 0.2) is 0 Å². The SMILES string of the molecule is CC(C)COCCCNC(=O)N[C@H](C(=O)O)[C@@H](C)O. The maximum atomic E-state index is 11.4. The van der Waals surface area contributed by atoms with E-state index in [2.05, 4.69) is 10.6 Å². The van der Waals surface area contributed by atoms with Gasteiger partial charge in [0.2, 0.25) is 0 Å². The van der Waals surface area contributed by atoms with Gasteiger partial charge < -0.3 is 25.6 Å². The first-order valence-electron chi connectivity index (χ1n) is 6.37. The smallest absolute Gasteiger partial charge is 0.328 e. The molecule has 0 aromatic rings. The van der Waals surface area contributed by atoms with Crippen LogP contribution in [0.4, 0.5) is 4.79 Å². The Morgan fingerprint density at radius 1 is 1.26 bits per heavy atom. The van der Waals surface area contributed by atoms with Crippen molar-refractivity contribution in [1.29, 1.82) is 0 Å². The van der Waals surface area contributed by atoms with Gasteiger partial charge in [-0.05, 0) is 19.3 Å². The predicted octanol–water partition coefficient (Wildman–Crippen LogP) is 0.182. The minimum absolute atomic E-state index is 0.385. The Kier molecular flexibility index (Phi) is 8.90. The molecule has 7 heteroatoms. The number of aliphatic hydroxyl groups excluding tert-OH is 1. The lowest BCUT2D eigenvalue weighted by Crippen LogP contribution is -2.51. The highest BCUT2D eigenvalue weighted by atomic mass is 16.5. The summed E-state index contributed by atoms with van der Waals surface area (Å²) in [5.74, 6) is -0.802. The minimum atomic E-state index is -1.31. The van der Waals surface area contributed by atoms with Crippen molar-refractivity contribution in [2.75, 3.05) is 19.8 Å². The van der Waals surface area contributed by atoms with E-state index in [-0.39, 0.29) is 0 Å². The fraction of sp³-hybridized carbons (Fsp3) is 0.833. The summed E-state index contributed by atoms with van der Waals surface area (Å²) in [4.78, 5) is 22.1. The summed E-state index contributed by atoms with van der Waals surface area (Å²) < 4.78 is 5.33. The molecular formula is C12H24N2O5. The number of carboxylic acid groups (broad SMARTS) is 1. The first kappa shape index (κ1) is 17.7. The molecule has 0 aliphatic rings. The molecule has 0 bridgehead atoms. The number of rotatable bonds is 9. The fourth-order valence-corrected chi connectivity index (χ4v) is 1.28. The third kappa shape index (κ3) is 9.26. The number of hydrogen-bond acceptors (Lipinski definition) is 4. The zero-order valence-electron chi connectivity index (χ0n) is 11.7. The van der Waals surface area contributed by atoms with E-state index in [1.165, 1.54) is 6.92 Å². The normalized spacial score (nSPS) is 13.9. The molecule has 0 saturated carbocycles. The van der Waals surface area contributed by atoms with Crippen LogP contribution in [0.2, 0.25) is 0 Å². The number of hydrogen-bond donors (Lipinski definition) is 4. The van der Waals surface area contributed by atoms with E-state index in [4.69, 9.17) is 9.84 Å². The zero-order chi connectivity index (χ0) is 14.8. The van der Waals surface area contributed by atoms with Gasteiger partial charge in [0.15, 0.2) is 6.04 Å². The van der Waals surface area contributed by atoms with Gasteiger partial charge in [0, 0.05) is 19.8 Å². The second kappa shape index (κ2) is 9.57. The molecule has 112 valence electrons. The van der Waals surface area contributed by atoms with Crippen molar-refractivity contribution in [2.45, 2.75) is 39.3 Å². The number of carboxylic acids is 1. The molecule has 7 nitrogen and oxygen atoms in total. The molecule has 19 heavy (non-hydrogen) atoms. The summed E-state index contributed by atoms with van der Waals surface area (Å²) in [6.45, 7) is 7.00. The standard InChI is InChI=1S/C12H24N2O5/c1-8(2)7-19-6-4-5-13-12(18)14-10(9(3)15)11(16)17/h8-10,15H,4-7H2,1-3H3,(H,16,17)(H2,13,14,18)/t9-,10+/m1/s1. The number of aliphatic hydroxyl groups is 1. The van der Waals surface area contributed by atoms with Gasteiger partial charge in [-0.2, -0.15) is 0 Å². The van der Waals surface area contributed by atoms with Crippen molar-refractivity contribution in [3.63, 3.8) is 0 Å². The Bertz CT molecular complexity index is 281. The fourth-order valence-electron chi connectivity index (χ4n) is 1.28. The molecule has 0 fully saturated rings. The second-order valence-electron chi connectivity index (χ2n) is 4.78. The zero-order valence-corrected chi connectivity index (χ0v) is 11.7. The Labute approximate surface area is 113 Å². The number of carbonyl (C=O) groups excluding carboxylic acids is 1. The summed E-state index contributed by atoms with van der Waals surface area (Å²) in [6.07, 6.45) is -0.510. The molecule has 0 spiro atoms. The average molecular weight is 276 g/mol. The maximum Gasteiger partial charge on any atom is 0.328 e. The van der Waals surface area contributed by atoms with Crippen LogP contribution >= 0.6 is 0 Å². The number of carbonyl (C=O) groups is 2. The van der Waals surface area contributed by atoms with Crippen LogP contribution in [0.25, 0.3) is 0 Å². The highest BCUT2D eigenvalue weighted by Crippen LogP contribution is 1.94. The first-order valence-corrected chi connectivity index (χ1v) is 6.37. The largest absolute Gasteiger partial charge is 0.480 e. The summed E-state index contributed by atoms with van der Waals surface area (Å²) >= 11 is 0. The summed E-state index contributed by atoms with van der Waals surface area (Å²) in [7, 11) is 0. The van der Waals surface area contributed by atoms with Crippen molar-refractivity contribution in [3.8, 4) is 0 Å². The lowest BCUT2D eigenvalue weighted by molar-refractivity contribution is -0.141. The topological polar surface area (TPSA) is 108 Å². The van der Waals surface area contributed by atoms with E-state index in [0.717, 1.165) is 0 Å². The van der Waals surface area contributed by atoms with Crippen LogP contribution in [-0.4, -0.2) is 54.1 Å². The van der Waals surface area contributed by atoms with Gasteiger partial charge >= 0.3 is 12.0 Å². The molecular weight excluding hydrogens is 252 g/mol. The van der Waals surface area contributed by atoms with Crippen LogP contribution in [-0.2, 0) is 9.53 Å². The third-order valence-electron chi connectivity index (χ3n) is 2.24. The number of aliphatic carboxylic acids is 1. The molecule has 0 saturated heterocycles. The van der Waals surface area contributed by atoms with Gasteiger partial charge in [-0.1, -0.05) is 13.8 Å². The molecule has 0 aromatic heterocycles. The molecule has 0 rings (SSSR count). The molecule has 2 amide bonds. The van der Waals surface area contributed by atoms with Gasteiger partial charge in [-0.15, -0.1) is 0 Å². The molecule has 0 aliphatic heterocycles. The van der Waals surface area contributed by atoms with E-state index < -0.39 is 24.1 Å². The average Bonchev–Trinajstić information content (AvgIpc) is 2.29. The predicted molar refractivity (Wildman–Crippen MR) is 69.9 cm³/mol. The van der Waals surface area contributed by atoms with Crippen LogP contribution in [0, 0.1) is 5.92 Å². The molecule has 0 unspecified atom stereocenters.